The van der Waals surface area contributed by atoms with Crippen LogP contribution in [0.25, 0.3) is 0 Å². The number of halogens is 1. The Morgan fingerprint density at radius 1 is 1.35 bits per heavy atom. The molecule has 0 atom stereocenters. The molecular formula is C13H19BrN2O3S. The Morgan fingerprint density at radius 3 is 2.45 bits per heavy atom. The molecule has 1 amide bonds. The van der Waals surface area contributed by atoms with E-state index in [0.717, 1.165) is 0 Å². The highest BCUT2D eigenvalue weighted by molar-refractivity contribution is 9.10. The lowest BCUT2D eigenvalue weighted by Gasteiger charge is -2.14. The molecule has 0 heterocycles. The van der Waals surface area contributed by atoms with Gasteiger partial charge < -0.3 is 4.90 Å². The van der Waals surface area contributed by atoms with E-state index in [1.807, 2.05) is 13.8 Å². The van der Waals surface area contributed by atoms with Gasteiger partial charge in [-0.1, -0.05) is 13.8 Å². The maximum absolute atomic E-state index is 12.1. The molecule has 0 fully saturated rings. The van der Waals surface area contributed by atoms with Crippen LogP contribution in [0.15, 0.2) is 27.6 Å². The quantitative estimate of drug-likeness (QED) is 0.871. The van der Waals surface area contributed by atoms with E-state index >= 15 is 0 Å². The van der Waals surface area contributed by atoms with Crippen LogP contribution in [0.5, 0.6) is 0 Å². The fourth-order valence-electron chi connectivity index (χ4n) is 1.44. The van der Waals surface area contributed by atoms with Gasteiger partial charge in [-0.3, -0.25) is 4.79 Å². The molecule has 0 unspecified atom stereocenters. The van der Waals surface area contributed by atoms with Crippen LogP contribution in [0, 0.1) is 5.92 Å². The molecule has 0 bridgehead atoms. The lowest BCUT2D eigenvalue weighted by atomic mass is 10.2. The van der Waals surface area contributed by atoms with E-state index in [1.54, 1.807) is 20.2 Å². The zero-order chi connectivity index (χ0) is 15.5. The third-order valence-corrected chi connectivity index (χ3v) is 4.68. The van der Waals surface area contributed by atoms with E-state index < -0.39 is 10.0 Å². The monoisotopic (exact) mass is 362 g/mol. The molecule has 0 aliphatic heterocycles. The van der Waals surface area contributed by atoms with Gasteiger partial charge in [0.2, 0.25) is 10.0 Å². The molecule has 20 heavy (non-hydrogen) atoms. The molecule has 0 spiro atoms. The largest absolute Gasteiger partial charge is 0.345 e. The number of benzene rings is 1. The number of carbonyl (C=O) groups is 1. The van der Waals surface area contributed by atoms with Crippen molar-refractivity contribution in [1.82, 2.24) is 9.62 Å². The minimum Gasteiger partial charge on any atom is -0.345 e. The number of carbonyl (C=O) groups excluding carboxylic acids is 1. The van der Waals surface area contributed by atoms with Gasteiger partial charge in [0, 0.05) is 25.1 Å². The van der Waals surface area contributed by atoms with Gasteiger partial charge >= 0.3 is 0 Å². The van der Waals surface area contributed by atoms with E-state index in [4.69, 9.17) is 0 Å². The van der Waals surface area contributed by atoms with Crippen LogP contribution < -0.4 is 4.72 Å². The summed E-state index contributed by atoms with van der Waals surface area (Å²) in [5.41, 5.74) is 0.322. The Labute approximate surface area is 128 Å². The second-order valence-electron chi connectivity index (χ2n) is 5.09. The van der Waals surface area contributed by atoms with Crippen LogP contribution in [0.4, 0.5) is 0 Å². The molecule has 0 aromatic heterocycles. The van der Waals surface area contributed by atoms with Crippen molar-refractivity contribution in [1.29, 1.82) is 0 Å². The number of nitrogens with one attached hydrogen (secondary N) is 1. The normalized spacial score (nSPS) is 11.7. The smallest absolute Gasteiger partial charge is 0.254 e. The lowest BCUT2D eigenvalue weighted by Crippen LogP contribution is -2.28. The van der Waals surface area contributed by atoms with Gasteiger partial charge in [0.1, 0.15) is 0 Å². The Hall–Kier alpha value is -0.920. The van der Waals surface area contributed by atoms with Gasteiger partial charge in [-0.05, 0) is 40.0 Å². The average Bonchev–Trinajstić information content (AvgIpc) is 2.36. The van der Waals surface area contributed by atoms with Crippen molar-refractivity contribution in [3.05, 3.63) is 28.2 Å². The molecule has 0 aliphatic carbocycles. The van der Waals surface area contributed by atoms with Crippen LogP contribution in [0.3, 0.4) is 0 Å². The summed E-state index contributed by atoms with van der Waals surface area (Å²) in [6, 6.07) is 4.43. The van der Waals surface area contributed by atoms with E-state index in [1.165, 1.54) is 17.0 Å². The lowest BCUT2D eigenvalue weighted by molar-refractivity contribution is 0.0826. The van der Waals surface area contributed by atoms with E-state index in [9.17, 15) is 13.2 Å². The molecule has 112 valence electrons. The first kappa shape index (κ1) is 17.1. The van der Waals surface area contributed by atoms with Crippen LogP contribution in [0.1, 0.15) is 24.2 Å². The van der Waals surface area contributed by atoms with Crippen molar-refractivity contribution in [3.63, 3.8) is 0 Å². The van der Waals surface area contributed by atoms with Gasteiger partial charge in [0.15, 0.2) is 0 Å². The predicted octanol–water partition coefficient (Wildman–Crippen LogP) is 2.09. The van der Waals surface area contributed by atoms with Crippen LogP contribution in [0.2, 0.25) is 0 Å². The van der Waals surface area contributed by atoms with Crippen LogP contribution in [-0.4, -0.2) is 39.9 Å². The fourth-order valence-corrected chi connectivity index (χ4v) is 3.09. The minimum absolute atomic E-state index is 0.0894. The van der Waals surface area contributed by atoms with E-state index in [-0.39, 0.29) is 16.7 Å². The molecule has 1 N–H and O–H groups in total. The number of hydrogen-bond acceptors (Lipinski definition) is 3. The predicted molar refractivity (Wildman–Crippen MR) is 82.2 cm³/mol. The Morgan fingerprint density at radius 2 is 1.95 bits per heavy atom. The first-order valence-corrected chi connectivity index (χ1v) is 8.43. The van der Waals surface area contributed by atoms with Crippen molar-refractivity contribution in [3.8, 4) is 0 Å². The van der Waals surface area contributed by atoms with Crippen LogP contribution >= 0.6 is 15.9 Å². The van der Waals surface area contributed by atoms with Crippen molar-refractivity contribution >= 4 is 31.9 Å². The number of nitrogens with zero attached hydrogens (tertiary/aromatic N) is 1. The third-order valence-electron chi connectivity index (χ3n) is 2.57. The second-order valence-corrected chi connectivity index (χ2v) is 7.71. The first-order valence-electron chi connectivity index (χ1n) is 6.16. The molecule has 1 aromatic carbocycles. The summed E-state index contributed by atoms with van der Waals surface area (Å²) < 4.78 is 27.4. The summed E-state index contributed by atoms with van der Waals surface area (Å²) in [6.07, 6.45) is 0. The van der Waals surface area contributed by atoms with Crippen molar-refractivity contribution in [2.75, 3.05) is 20.6 Å². The third kappa shape index (κ3) is 4.29. The van der Waals surface area contributed by atoms with Gasteiger partial charge in [0.05, 0.1) is 10.5 Å². The zero-order valence-electron chi connectivity index (χ0n) is 12.0. The molecule has 1 rings (SSSR count). The Kier molecular flexibility index (Phi) is 5.73. The molecular weight excluding hydrogens is 344 g/mol. The Bertz CT molecular complexity index is 598. The molecule has 0 aliphatic rings. The number of sulfonamides is 1. The highest BCUT2D eigenvalue weighted by Gasteiger charge is 2.19. The topological polar surface area (TPSA) is 66.5 Å². The fraction of sp³-hybridized carbons (Fsp3) is 0.462. The van der Waals surface area contributed by atoms with Crippen molar-refractivity contribution in [2.24, 2.45) is 5.92 Å². The maximum Gasteiger partial charge on any atom is 0.254 e. The molecule has 0 radical (unpaired) electrons. The second kappa shape index (κ2) is 6.69. The SMILES string of the molecule is CC(C)CNS(=O)(=O)c1ccc(Br)c(C(=O)N(C)C)c1. The van der Waals surface area contributed by atoms with Gasteiger partial charge in [-0.25, -0.2) is 13.1 Å². The summed E-state index contributed by atoms with van der Waals surface area (Å²) in [5, 5.41) is 0. The maximum atomic E-state index is 12.1. The summed E-state index contributed by atoms with van der Waals surface area (Å²) in [6.45, 7) is 4.20. The minimum atomic E-state index is -3.60. The van der Waals surface area contributed by atoms with Gasteiger partial charge in [-0.15, -0.1) is 0 Å². The number of rotatable bonds is 5. The number of amides is 1. The van der Waals surface area contributed by atoms with Gasteiger partial charge in [-0.2, -0.15) is 0 Å². The molecule has 1 aromatic rings. The number of hydrogen-bond donors (Lipinski definition) is 1. The molecule has 5 nitrogen and oxygen atoms in total. The highest BCUT2D eigenvalue weighted by atomic mass is 79.9. The summed E-state index contributed by atoms with van der Waals surface area (Å²) in [5.74, 6) is -0.0408. The van der Waals surface area contributed by atoms with E-state index in [0.29, 0.717) is 16.6 Å². The van der Waals surface area contributed by atoms with E-state index in [2.05, 4.69) is 20.7 Å². The average molecular weight is 363 g/mol. The standard InChI is InChI=1S/C13H19BrN2O3S/c1-9(2)8-15-20(18,19)10-5-6-12(14)11(7-10)13(17)16(3)4/h5-7,9,15H,8H2,1-4H3. The molecule has 7 heteroatoms. The zero-order valence-corrected chi connectivity index (χ0v) is 14.4. The summed E-state index contributed by atoms with van der Waals surface area (Å²) in [4.78, 5) is 13.5. The Balaban J connectivity index is 3.15. The van der Waals surface area contributed by atoms with Gasteiger partial charge in [0.25, 0.3) is 5.91 Å². The molecule has 0 saturated carbocycles. The summed E-state index contributed by atoms with van der Waals surface area (Å²) >= 11 is 3.27. The van der Waals surface area contributed by atoms with Crippen LogP contribution in [-0.2, 0) is 10.0 Å². The molecule has 0 saturated heterocycles. The first-order chi connectivity index (χ1) is 9.15. The highest BCUT2D eigenvalue weighted by Crippen LogP contribution is 2.22. The van der Waals surface area contributed by atoms with Crippen molar-refractivity contribution in [2.45, 2.75) is 18.7 Å². The summed E-state index contributed by atoms with van der Waals surface area (Å²) in [7, 11) is -0.359. The van der Waals surface area contributed by atoms with Crippen molar-refractivity contribution < 1.29 is 13.2 Å².